The Bertz CT molecular complexity index is 1380. The number of carbonyl (C=O) groups excluding carboxylic acids is 1. The van der Waals surface area contributed by atoms with Gasteiger partial charge in [0.15, 0.2) is 0 Å². The number of nitrogens with one attached hydrogen (secondary N) is 1. The molecule has 0 spiro atoms. The van der Waals surface area contributed by atoms with Crippen LogP contribution < -0.4 is 10.1 Å². The number of amides is 1. The lowest BCUT2D eigenvalue weighted by Crippen LogP contribution is -2.66. The molecule has 1 heterocycles. The van der Waals surface area contributed by atoms with E-state index in [0.29, 0.717) is 25.6 Å². The van der Waals surface area contributed by atoms with Gasteiger partial charge < -0.3 is 29.0 Å². The molecule has 5 rings (SSSR count). The minimum Gasteiger partial charge on any atom is -0.463 e. The lowest BCUT2D eigenvalue weighted by Gasteiger charge is -2.46. The highest BCUT2D eigenvalue weighted by molar-refractivity contribution is 5.73. The van der Waals surface area contributed by atoms with Crippen LogP contribution in [-0.4, -0.2) is 43.2 Å². The van der Waals surface area contributed by atoms with E-state index in [0.717, 1.165) is 22.3 Å². The number of hydrogen-bond donors (Lipinski definition) is 1. The van der Waals surface area contributed by atoms with Gasteiger partial charge in [-0.25, -0.2) is 0 Å². The minimum atomic E-state index is -0.853. The first kappa shape index (κ1) is 30.4. The third kappa shape index (κ3) is 8.99. The molecular formula is C36H39NO6. The Morgan fingerprint density at radius 2 is 1.21 bits per heavy atom. The van der Waals surface area contributed by atoms with Gasteiger partial charge in [0, 0.05) is 6.92 Å². The van der Waals surface area contributed by atoms with Crippen LogP contribution in [0, 0.1) is 6.92 Å². The molecule has 1 N–H and O–H groups in total. The standard InChI is InChI=1S/C36H39NO6/c1-26-18-20-31(21-19-26)42-36-33(37-27(2)38)35(41-24-30-16-10-5-11-17-30)34(40-23-29-14-8-4-9-15-29)32(43-36)25-39-22-28-12-6-3-7-13-28/h3-21,32-36H,22-25H2,1-2H3,(H,37,38)/t32-,33-,34+,35-,36+/m1/s1. The van der Waals surface area contributed by atoms with Gasteiger partial charge in [0.05, 0.1) is 26.4 Å². The van der Waals surface area contributed by atoms with Crippen LogP contribution in [0.25, 0.3) is 0 Å². The summed E-state index contributed by atoms with van der Waals surface area (Å²) in [5.41, 5.74) is 4.19. The van der Waals surface area contributed by atoms with Gasteiger partial charge in [0.25, 0.3) is 0 Å². The fourth-order valence-electron chi connectivity index (χ4n) is 5.08. The number of rotatable bonds is 13. The van der Waals surface area contributed by atoms with Crippen LogP contribution in [0.3, 0.4) is 0 Å². The second-order valence-electron chi connectivity index (χ2n) is 10.7. The summed E-state index contributed by atoms with van der Waals surface area (Å²) in [5, 5.41) is 3.05. The van der Waals surface area contributed by atoms with Crippen LogP contribution in [0.15, 0.2) is 115 Å². The topological polar surface area (TPSA) is 75.3 Å². The van der Waals surface area contributed by atoms with E-state index >= 15 is 0 Å². The van der Waals surface area contributed by atoms with Crippen molar-refractivity contribution in [3.8, 4) is 5.75 Å². The summed E-state index contributed by atoms with van der Waals surface area (Å²) >= 11 is 0. The maximum atomic E-state index is 12.5. The Morgan fingerprint density at radius 1 is 0.698 bits per heavy atom. The molecule has 0 saturated carbocycles. The molecule has 1 amide bonds. The number of carbonyl (C=O) groups is 1. The van der Waals surface area contributed by atoms with E-state index in [1.165, 1.54) is 6.92 Å². The molecule has 5 atom stereocenters. The zero-order valence-electron chi connectivity index (χ0n) is 24.6. The summed E-state index contributed by atoms with van der Waals surface area (Å²) in [6, 6.07) is 36.9. The van der Waals surface area contributed by atoms with Crippen LogP contribution in [0.4, 0.5) is 0 Å². The summed E-state index contributed by atoms with van der Waals surface area (Å²) in [4.78, 5) is 12.5. The van der Waals surface area contributed by atoms with Crippen LogP contribution in [0.2, 0.25) is 0 Å². The molecule has 0 bridgehead atoms. The predicted octanol–water partition coefficient (Wildman–Crippen LogP) is 5.99. The van der Waals surface area contributed by atoms with Crippen molar-refractivity contribution in [1.82, 2.24) is 5.32 Å². The molecule has 4 aromatic rings. The van der Waals surface area contributed by atoms with Gasteiger partial charge in [-0.2, -0.15) is 0 Å². The van der Waals surface area contributed by atoms with Crippen molar-refractivity contribution in [2.75, 3.05) is 6.61 Å². The Hall–Kier alpha value is -4.01. The summed E-state index contributed by atoms with van der Waals surface area (Å²) in [5.74, 6) is 0.403. The molecule has 1 aliphatic rings. The Kier molecular flexibility index (Phi) is 10.9. The first-order valence-corrected chi connectivity index (χ1v) is 14.6. The molecular weight excluding hydrogens is 542 g/mol. The molecule has 0 aliphatic carbocycles. The molecule has 7 nitrogen and oxygen atoms in total. The van der Waals surface area contributed by atoms with Crippen LogP contribution in [0.1, 0.15) is 29.2 Å². The van der Waals surface area contributed by atoms with Gasteiger partial charge in [0.2, 0.25) is 12.2 Å². The van der Waals surface area contributed by atoms with E-state index in [1.807, 2.05) is 122 Å². The first-order chi connectivity index (χ1) is 21.0. The van der Waals surface area contributed by atoms with Crippen molar-refractivity contribution in [1.29, 1.82) is 0 Å². The van der Waals surface area contributed by atoms with Gasteiger partial charge in [-0.15, -0.1) is 0 Å². The van der Waals surface area contributed by atoms with Crippen molar-refractivity contribution in [2.24, 2.45) is 0 Å². The number of ether oxygens (including phenoxy) is 5. The lowest BCUT2D eigenvalue weighted by atomic mass is 9.95. The highest BCUT2D eigenvalue weighted by Gasteiger charge is 2.49. The van der Waals surface area contributed by atoms with Gasteiger partial charge in [-0.1, -0.05) is 109 Å². The lowest BCUT2D eigenvalue weighted by molar-refractivity contribution is -0.270. The number of aryl methyl sites for hydroxylation is 1. The van der Waals surface area contributed by atoms with Crippen molar-refractivity contribution in [2.45, 2.75) is 64.3 Å². The average molecular weight is 582 g/mol. The quantitative estimate of drug-likeness (QED) is 0.209. The number of benzene rings is 4. The zero-order valence-corrected chi connectivity index (χ0v) is 24.6. The summed E-state index contributed by atoms with van der Waals surface area (Å²) in [6.45, 7) is 4.81. The van der Waals surface area contributed by atoms with Crippen LogP contribution in [0.5, 0.6) is 5.75 Å². The van der Waals surface area contributed by atoms with Gasteiger partial charge in [-0.05, 0) is 35.7 Å². The van der Waals surface area contributed by atoms with Crippen molar-refractivity contribution < 1.29 is 28.5 Å². The molecule has 4 aromatic carbocycles. The van der Waals surface area contributed by atoms with E-state index in [4.69, 9.17) is 23.7 Å². The van der Waals surface area contributed by atoms with Gasteiger partial charge in [0.1, 0.15) is 30.1 Å². The van der Waals surface area contributed by atoms with E-state index in [9.17, 15) is 4.79 Å². The van der Waals surface area contributed by atoms with E-state index in [2.05, 4.69) is 5.32 Å². The Morgan fingerprint density at radius 3 is 1.74 bits per heavy atom. The fourth-order valence-corrected chi connectivity index (χ4v) is 5.08. The summed E-state index contributed by atoms with van der Waals surface area (Å²) < 4.78 is 32.3. The first-order valence-electron chi connectivity index (χ1n) is 14.6. The predicted molar refractivity (Wildman–Crippen MR) is 164 cm³/mol. The number of hydrogen-bond acceptors (Lipinski definition) is 6. The van der Waals surface area contributed by atoms with E-state index in [1.54, 1.807) is 0 Å². The molecule has 1 saturated heterocycles. The molecule has 1 fully saturated rings. The molecule has 43 heavy (non-hydrogen) atoms. The normalized spacial score (nSPS) is 21.7. The van der Waals surface area contributed by atoms with Crippen LogP contribution in [-0.2, 0) is 43.6 Å². The highest BCUT2D eigenvalue weighted by atomic mass is 16.7. The molecule has 0 aromatic heterocycles. The van der Waals surface area contributed by atoms with Crippen molar-refractivity contribution in [3.63, 3.8) is 0 Å². The average Bonchev–Trinajstić information content (AvgIpc) is 3.03. The molecule has 224 valence electrons. The Labute approximate surface area is 253 Å². The maximum Gasteiger partial charge on any atom is 0.223 e. The van der Waals surface area contributed by atoms with E-state index in [-0.39, 0.29) is 12.5 Å². The highest BCUT2D eigenvalue weighted by Crippen LogP contribution is 2.30. The summed E-state index contributed by atoms with van der Waals surface area (Å²) in [6.07, 6.45) is -2.58. The third-order valence-electron chi connectivity index (χ3n) is 7.25. The minimum absolute atomic E-state index is 0.222. The fraction of sp³-hybridized carbons (Fsp3) is 0.306. The molecule has 0 unspecified atom stereocenters. The third-order valence-corrected chi connectivity index (χ3v) is 7.25. The van der Waals surface area contributed by atoms with E-state index < -0.39 is 30.6 Å². The van der Waals surface area contributed by atoms with Gasteiger partial charge >= 0.3 is 0 Å². The smallest absolute Gasteiger partial charge is 0.223 e. The SMILES string of the molecule is CC(=O)N[C@H]1[C@@H](Oc2ccc(C)cc2)O[C@H](COCc2ccccc2)[C@H](OCc2ccccc2)[C@@H]1OCc1ccccc1. The van der Waals surface area contributed by atoms with Gasteiger partial charge in [-0.3, -0.25) is 4.79 Å². The molecule has 7 heteroatoms. The summed E-state index contributed by atoms with van der Waals surface area (Å²) in [7, 11) is 0. The monoisotopic (exact) mass is 581 g/mol. The van der Waals surface area contributed by atoms with Crippen molar-refractivity contribution >= 4 is 5.91 Å². The zero-order chi connectivity index (χ0) is 29.9. The second kappa shape index (κ2) is 15.5. The second-order valence-corrected chi connectivity index (χ2v) is 10.7. The van der Waals surface area contributed by atoms with Crippen LogP contribution >= 0.6 is 0 Å². The molecule has 1 aliphatic heterocycles. The maximum absolute atomic E-state index is 12.5. The Balaban J connectivity index is 1.44. The largest absolute Gasteiger partial charge is 0.463 e. The van der Waals surface area contributed by atoms with Crippen molar-refractivity contribution in [3.05, 3.63) is 138 Å². The molecule has 0 radical (unpaired) electrons.